The van der Waals surface area contributed by atoms with Crippen LogP contribution in [0.1, 0.15) is 24.8 Å². The first-order chi connectivity index (χ1) is 8.69. The molecule has 0 aromatic heterocycles. The highest BCUT2D eigenvalue weighted by molar-refractivity contribution is 6.30. The summed E-state index contributed by atoms with van der Waals surface area (Å²) in [5.41, 5.74) is 6.67. The lowest BCUT2D eigenvalue weighted by molar-refractivity contribution is 0.173. The lowest BCUT2D eigenvalue weighted by Gasteiger charge is -2.31. The van der Waals surface area contributed by atoms with Crippen LogP contribution in [0, 0.1) is 11.7 Å². The van der Waals surface area contributed by atoms with Crippen molar-refractivity contribution in [3.63, 3.8) is 0 Å². The normalized spacial score (nSPS) is 18.2. The summed E-state index contributed by atoms with van der Waals surface area (Å²) in [4.78, 5) is 2.40. The van der Waals surface area contributed by atoms with Crippen molar-refractivity contribution in [1.29, 1.82) is 0 Å². The summed E-state index contributed by atoms with van der Waals surface area (Å²) in [5.74, 6) is 0.435. The Balaban J connectivity index is 1.85. The minimum Gasteiger partial charge on any atom is -0.330 e. The van der Waals surface area contributed by atoms with E-state index in [2.05, 4.69) is 4.90 Å². The molecule has 0 spiro atoms. The number of nitrogens with two attached hydrogens (primary N) is 1. The van der Waals surface area contributed by atoms with Crippen molar-refractivity contribution in [2.24, 2.45) is 11.7 Å². The summed E-state index contributed by atoms with van der Waals surface area (Å²) in [5, 5.41) is 0.213. The van der Waals surface area contributed by atoms with E-state index in [1.807, 2.05) is 6.07 Å². The van der Waals surface area contributed by atoms with Crippen LogP contribution in [0.2, 0.25) is 5.02 Å². The smallest absolute Gasteiger partial charge is 0.141 e. The molecule has 0 unspecified atom stereocenters. The lowest BCUT2D eigenvalue weighted by Crippen LogP contribution is -2.33. The first-order valence-corrected chi connectivity index (χ1v) is 6.93. The van der Waals surface area contributed by atoms with Gasteiger partial charge in [-0.3, -0.25) is 4.90 Å². The van der Waals surface area contributed by atoms with Gasteiger partial charge < -0.3 is 5.73 Å². The van der Waals surface area contributed by atoms with Gasteiger partial charge in [0.05, 0.1) is 5.02 Å². The van der Waals surface area contributed by atoms with Crippen LogP contribution in [0.15, 0.2) is 18.2 Å². The average Bonchev–Trinajstić information content (AvgIpc) is 2.37. The SMILES string of the molecule is NCCC1CCN(Cc2ccc(F)c(Cl)c2)CC1. The zero-order valence-corrected chi connectivity index (χ0v) is 11.3. The van der Waals surface area contributed by atoms with Crippen molar-refractivity contribution in [2.75, 3.05) is 19.6 Å². The van der Waals surface area contributed by atoms with Crippen LogP contribution in [-0.4, -0.2) is 24.5 Å². The molecule has 1 fully saturated rings. The molecule has 0 bridgehead atoms. The van der Waals surface area contributed by atoms with Crippen molar-refractivity contribution >= 4 is 11.6 Å². The third-order valence-corrected chi connectivity index (χ3v) is 3.96. The highest BCUT2D eigenvalue weighted by Crippen LogP contribution is 2.22. The van der Waals surface area contributed by atoms with Crippen LogP contribution in [0.3, 0.4) is 0 Å². The summed E-state index contributed by atoms with van der Waals surface area (Å²) in [7, 11) is 0. The van der Waals surface area contributed by atoms with Crippen LogP contribution in [0.4, 0.5) is 4.39 Å². The van der Waals surface area contributed by atoms with Crippen LogP contribution in [0.5, 0.6) is 0 Å². The standard InChI is InChI=1S/C14H20ClFN2/c15-13-9-12(1-2-14(13)16)10-18-7-4-11(3-6-17)5-8-18/h1-2,9,11H,3-8,10,17H2. The molecule has 0 aliphatic carbocycles. The van der Waals surface area contributed by atoms with Gasteiger partial charge in [0, 0.05) is 6.54 Å². The number of hydrogen-bond acceptors (Lipinski definition) is 2. The molecule has 100 valence electrons. The Kier molecular flexibility index (Phi) is 4.98. The maximum absolute atomic E-state index is 13.1. The predicted molar refractivity (Wildman–Crippen MR) is 73.1 cm³/mol. The molecule has 1 aromatic carbocycles. The molecule has 2 nitrogen and oxygen atoms in total. The van der Waals surface area contributed by atoms with Crippen molar-refractivity contribution < 1.29 is 4.39 Å². The molecule has 0 saturated carbocycles. The maximum atomic E-state index is 13.1. The van der Waals surface area contributed by atoms with E-state index in [4.69, 9.17) is 17.3 Å². The fourth-order valence-corrected chi connectivity index (χ4v) is 2.77. The topological polar surface area (TPSA) is 29.3 Å². The highest BCUT2D eigenvalue weighted by Gasteiger charge is 2.18. The van der Waals surface area contributed by atoms with E-state index in [0.29, 0.717) is 0 Å². The van der Waals surface area contributed by atoms with Crippen molar-refractivity contribution in [3.05, 3.63) is 34.6 Å². The third kappa shape index (κ3) is 3.67. The van der Waals surface area contributed by atoms with Crippen LogP contribution in [-0.2, 0) is 6.54 Å². The summed E-state index contributed by atoms with van der Waals surface area (Å²) in [6.45, 7) is 3.84. The maximum Gasteiger partial charge on any atom is 0.141 e. The highest BCUT2D eigenvalue weighted by atomic mass is 35.5. The third-order valence-electron chi connectivity index (χ3n) is 3.67. The fraction of sp³-hybridized carbons (Fsp3) is 0.571. The Morgan fingerprint density at radius 2 is 2.06 bits per heavy atom. The molecule has 1 aromatic rings. The van der Waals surface area contributed by atoms with Gasteiger partial charge in [0.2, 0.25) is 0 Å². The molecule has 0 radical (unpaired) electrons. The van der Waals surface area contributed by atoms with Gasteiger partial charge in [0.15, 0.2) is 0 Å². The van der Waals surface area contributed by atoms with Gasteiger partial charge in [-0.1, -0.05) is 17.7 Å². The van der Waals surface area contributed by atoms with E-state index >= 15 is 0 Å². The Morgan fingerprint density at radius 1 is 1.33 bits per heavy atom. The largest absolute Gasteiger partial charge is 0.330 e. The van der Waals surface area contributed by atoms with Gasteiger partial charge >= 0.3 is 0 Å². The molecular weight excluding hydrogens is 251 g/mol. The second kappa shape index (κ2) is 6.50. The number of nitrogens with zero attached hydrogens (tertiary/aromatic N) is 1. The lowest BCUT2D eigenvalue weighted by atomic mass is 9.93. The summed E-state index contributed by atoms with van der Waals surface area (Å²) in [6, 6.07) is 4.98. The minimum atomic E-state index is -0.345. The number of halogens is 2. The summed E-state index contributed by atoms with van der Waals surface area (Å²) >= 11 is 5.79. The zero-order valence-electron chi connectivity index (χ0n) is 10.5. The number of hydrogen-bond donors (Lipinski definition) is 1. The molecule has 4 heteroatoms. The summed E-state index contributed by atoms with van der Waals surface area (Å²) in [6.07, 6.45) is 3.56. The number of piperidine rings is 1. The van der Waals surface area contributed by atoms with E-state index in [1.165, 1.54) is 18.9 Å². The first-order valence-electron chi connectivity index (χ1n) is 6.55. The zero-order chi connectivity index (χ0) is 13.0. The molecule has 0 atom stereocenters. The molecular formula is C14H20ClFN2. The molecule has 2 N–H and O–H groups in total. The van der Waals surface area contributed by atoms with Gasteiger partial charge in [0.25, 0.3) is 0 Å². The molecule has 1 aliphatic heterocycles. The van der Waals surface area contributed by atoms with Crippen molar-refractivity contribution in [2.45, 2.75) is 25.8 Å². The van der Waals surface area contributed by atoms with Gasteiger partial charge in [0.1, 0.15) is 5.82 Å². The number of benzene rings is 1. The Hall–Kier alpha value is -0.640. The molecule has 2 rings (SSSR count). The van der Waals surface area contributed by atoms with Gasteiger partial charge in [-0.2, -0.15) is 0 Å². The van der Waals surface area contributed by atoms with E-state index in [9.17, 15) is 4.39 Å². The van der Waals surface area contributed by atoms with Crippen LogP contribution >= 0.6 is 11.6 Å². The second-order valence-corrected chi connectivity index (χ2v) is 5.45. The summed E-state index contributed by atoms with van der Waals surface area (Å²) < 4.78 is 13.1. The van der Waals surface area contributed by atoms with Crippen molar-refractivity contribution in [3.8, 4) is 0 Å². The van der Waals surface area contributed by atoms with Gasteiger partial charge in [-0.25, -0.2) is 4.39 Å². The predicted octanol–water partition coefficient (Wildman–Crippen LogP) is 3.04. The Bertz CT molecular complexity index is 389. The monoisotopic (exact) mass is 270 g/mol. The molecule has 1 heterocycles. The van der Waals surface area contributed by atoms with Gasteiger partial charge in [-0.15, -0.1) is 0 Å². The molecule has 1 aliphatic rings. The van der Waals surface area contributed by atoms with Crippen LogP contribution in [0.25, 0.3) is 0 Å². The minimum absolute atomic E-state index is 0.213. The quantitative estimate of drug-likeness (QED) is 0.911. The van der Waals surface area contributed by atoms with E-state index in [0.717, 1.165) is 44.1 Å². The van der Waals surface area contributed by atoms with E-state index in [-0.39, 0.29) is 10.8 Å². The Labute approximate surface area is 113 Å². The van der Waals surface area contributed by atoms with E-state index < -0.39 is 0 Å². The molecule has 1 saturated heterocycles. The fourth-order valence-electron chi connectivity index (χ4n) is 2.57. The first kappa shape index (κ1) is 13.8. The second-order valence-electron chi connectivity index (χ2n) is 5.05. The average molecular weight is 271 g/mol. The molecule has 18 heavy (non-hydrogen) atoms. The van der Waals surface area contributed by atoms with Gasteiger partial charge in [-0.05, 0) is 62.5 Å². The van der Waals surface area contributed by atoms with Crippen LogP contribution < -0.4 is 5.73 Å². The number of likely N-dealkylation sites (tertiary alicyclic amines) is 1. The number of rotatable bonds is 4. The Morgan fingerprint density at radius 3 is 2.67 bits per heavy atom. The van der Waals surface area contributed by atoms with E-state index in [1.54, 1.807) is 6.07 Å². The molecule has 0 amide bonds. The van der Waals surface area contributed by atoms with Crippen molar-refractivity contribution in [1.82, 2.24) is 4.90 Å².